The average molecular weight is 263 g/mol. The largest absolute Gasteiger partial charge is 0.392 e. The van der Waals surface area contributed by atoms with E-state index in [0.717, 1.165) is 4.88 Å². The predicted octanol–water partition coefficient (Wildman–Crippen LogP) is 0.509. The molecule has 1 aliphatic rings. The van der Waals surface area contributed by atoms with Crippen molar-refractivity contribution >= 4 is 29.7 Å². The van der Waals surface area contributed by atoms with Gasteiger partial charge in [-0.05, 0) is 17.9 Å². The van der Waals surface area contributed by atoms with E-state index >= 15 is 0 Å². The Hall–Kier alpha value is -0.620. The smallest absolute Gasteiger partial charge is 0.237 e. The van der Waals surface area contributed by atoms with Crippen LogP contribution in [0, 0.1) is 0 Å². The van der Waals surface area contributed by atoms with Gasteiger partial charge in [0.1, 0.15) is 0 Å². The van der Waals surface area contributed by atoms with Crippen LogP contribution in [0.1, 0.15) is 11.3 Å². The minimum absolute atomic E-state index is 0. The second-order valence-corrected chi connectivity index (χ2v) is 4.68. The van der Waals surface area contributed by atoms with Crippen LogP contribution in [-0.4, -0.2) is 29.7 Å². The lowest BCUT2D eigenvalue weighted by Crippen LogP contribution is -2.39. The number of halogens is 1. The third-order valence-electron chi connectivity index (χ3n) is 2.44. The van der Waals surface area contributed by atoms with E-state index in [0.29, 0.717) is 19.5 Å². The Morgan fingerprint density at radius 2 is 2.50 bits per heavy atom. The average Bonchev–Trinajstić information content (AvgIpc) is 2.84. The normalized spacial score (nSPS) is 23.8. The quantitative estimate of drug-likeness (QED) is 0.744. The van der Waals surface area contributed by atoms with E-state index in [1.54, 1.807) is 11.3 Å². The summed E-state index contributed by atoms with van der Waals surface area (Å²) in [5.41, 5.74) is 0. The van der Waals surface area contributed by atoms with E-state index in [1.807, 2.05) is 17.5 Å². The molecule has 1 saturated heterocycles. The highest BCUT2D eigenvalue weighted by Crippen LogP contribution is 2.09. The van der Waals surface area contributed by atoms with Gasteiger partial charge in [0.15, 0.2) is 0 Å². The number of thiophene rings is 1. The molecule has 4 nitrogen and oxygen atoms in total. The van der Waals surface area contributed by atoms with Gasteiger partial charge in [0.2, 0.25) is 5.91 Å². The molecule has 90 valence electrons. The second kappa shape index (κ2) is 6.20. The van der Waals surface area contributed by atoms with E-state index in [1.165, 1.54) is 0 Å². The van der Waals surface area contributed by atoms with Crippen LogP contribution in [0.4, 0.5) is 0 Å². The van der Waals surface area contributed by atoms with Crippen molar-refractivity contribution in [2.45, 2.75) is 25.1 Å². The summed E-state index contributed by atoms with van der Waals surface area (Å²) < 4.78 is 0. The lowest BCUT2D eigenvalue weighted by Gasteiger charge is -2.09. The maximum atomic E-state index is 11.6. The highest BCUT2D eigenvalue weighted by molar-refractivity contribution is 7.09. The highest BCUT2D eigenvalue weighted by atomic mass is 35.5. The molecule has 1 aromatic heterocycles. The molecule has 0 bridgehead atoms. The predicted molar refractivity (Wildman–Crippen MR) is 65.8 cm³/mol. The van der Waals surface area contributed by atoms with Crippen molar-refractivity contribution in [2.24, 2.45) is 0 Å². The summed E-state index contributed by atoms with van der Waals surface area (Å²) in [5, 5.41) is 17.1. The monoisotopic (exact) mass is 262 g/mol. The van der Waals surface area contributed by atoms with Gasteiger partial charge in [0, 0.05) is 11.4 Å². The minimum Gasteiger partial charge on any atom is -0.392 e. The molecule has 1 fully saturated rings. The fraction of sp³-hybridized carbons (Fsp3) is 0.500. The molecule has 0 saturated carbocycles. The Kier molecular flexibility index (Phi) is 5.21. The standard InChI is InChI=1S/C10H14N2O2S.ClH/c13-7-4-9(11-5-7)10(14)12-6-8-2-1-3-15-8;/h1-3,7,9,11,13H,4-6H2,(H,12,14);1H. The van der Waals surface area contributed by atoms with Crippen LogP contribution in [0.15, 0.2) is 17.5 Å². The molecule has 0 aromatic carbocycles. The second-order valence-electron chi connectivity index (χ2n) is 3.65. The van der Waals surface area contributed by atoms with E-state index in [-0.39, 0.29) is 30.5 Å². The van der Waals surface area contributed by atoms with Crippen molar-refractivity contribution in [2.75, 3.05) is 6.54 Å². The highest BCUT2D eigenvalue weighted by Gasteiger charge is 2.27. The van der Waals surface area contributed by atoms with Crippen molar-refractivity contribution in [1.82, 2.24) is 10.6 Å². The first-order valence-electron chi connectivity index (χ1n) is 4.97. The summed E-state index contributed by atoms with van der Waals surface area (Å²) in [5.74, 6) is -0.0278. The molecular formula is C10H15ClN2O2S. The van der Waals surface area contributed by atoms with Crippen LogP contribution < -0.4 is 10.6 Å². The fourth-order valence-corrected chi connectivity index (χ4v) is 2.27. The summed E-state index contributed by atoms with van der Waals surface area (Å²) in [4.78, 5) is 12.7. The zero-order chi connectivity index (χ0) is 10.7. The van der Waals surface area contributed by atoms with E-state index in [2.05, 4.69) is 10.6 Å². The molecule has 2 atom stereocenters. The fourth-order valence-electron chi connectivity index (χ4n) is 1.63. The van der Waals surface area contributed by atoms with Gasteiger partial charge in [-0.2, -0.15) is 0 Å². The van der Waals surface area contributed by atoms with E-state index in [9.17, 15) is 9.90 Å². The Morgan fingerprint density at radius 3 is 3.06 bits per heavy atom. The molecule has 0 radical (unpaired) electrons. The summed E-state index contributed by atoms with van der Waals surface area (Å²) in [7, 11) is 0. The first-order valence-corrected chi connectivity index (χ1v) is 5.85. The number of aliphatic hydroxyl groups is 1. The van der Waals surface area contributed by atoms with Crippen molar-refractivity contribution in [3.63, 3.8) is 0 Å². The third-order valence-corrected chi connectivity index (χ3v) is 3.32. The molecule has 1 amide bonds. The number of rotatable bonds is 3. The molecule has 2 unspecified atom stereocenters. The van der Waals surface area contributed by atoms with E-state index < -0.39 is 0 Å². The van der Waals surface area contributed by atoms with Crippen molar-refractivity contribution < 1.29 is 9.90 Å². The summed E-state index contributed by atoms with van der Waals surface area (Å²) in [6.45, 7) is 1.09. The molecule has 2 rings (SSSR count). The Labute approximate surface area is 104 Å². The molecule has 16 heavy (non-hydrogen) atoms. The molecule has 6 heteroatoms. The van der Waals surface area contributed by atoms with Crippen molar-refractivity contribution in [3.05, 3.63) is 22.4 Å². The molecule has 1 aliphatic heterocycles. The maximum absolute atomic E-state index is 11.6. The summed E-state index contributed by atoms with van der Waals surface area (Å²) in [6, 6.07) is 3.71. The SMILES string of the molecule is Cl.O=C(NCc1cccs1)C1CC(O)CN1. The number of carbonyl (C=O) groups excluding carboxylic acids is 1. The molecule has 3 N–H and O–H groups in total. The van der Waals surface area contributed by atoms with Crippen LogP contribution >= 0.6 is 23.7 Å². The molecule has 0 aliphatic carbocycles. The summed E-state index contributed by atoms with van der Waals surface area (Å²) >= 11 is 1.62. The van der Waals surface area contributed by atoms with Gasteiger partial charge in [-0.3, -0.25) is 4.79 Å². The Balaban J connectivity index is 0.00000128. The zero-order valence-corrected chi connectivity index (χ0v) is 10.3. The van der Waals surface area contributed by atoms with E-state index in [4.69, 9.17) is 0 Å². The lowest BCUT2D eigenvalue weighted by atomic mass is 10.2. The number of hydrogen-bond donors (Lipinski definition) is 3. The lowest BCUT2D eigenvalue weighted by molar-refractivity contribution is -0.123. The topological polar surface area (TPSA) is 61.4 Å². The number of carbonyl (C=O) groups is 1. The first-order chi connectivity index (χ1) is 7.25. The third kappa shape index (κ3) is 3.45. The maximum Gasteiger partial charge on any atom is 0.237 e. The number of β-amino-alcohol motifs (C(OH)–C–C–N with tert-alkyl or cyclic N) is 1. The van der Waals surface area contributed by atoms with Crippen LogP contribution in [0.5, 0.6) is 0 Å². The molecule has 0 spiro atoms. The van der Waals surface area contributed by atoms with Crippen LogP contribution in [0.25, 0.3) is 0 Å². The number of amides is 1. The Bertz CT molecular complexity index is 332. The van der Waals surface area contributed by atoms with Crippen LogP contribution in [0.2, 0.25) is 0 Å². The van der Waals surface area contributed by atoms with Gasteiger partial charge in [0.05, 0.1) is 18.7 Å². The van der Waals surface area contributed by atoms with Crippen molar-refractivity contribution in [3.8, 4) is 0 Å². The molecule has 1 aromatic rings. The molecular weight excluding hydrogens is 248 g/mol. The summed E-state index contributed by atoms with van der Waals surface area (Å²) in [6.07, 6.45) is 0.124. The number of hydrogen-bond acceptors (Lipinski definition) is 4. The first kappa shape index (κ1) is 13.4. The van der Waals surface area contributed by atoms with Gasteiger partial charge >= 0.3 is 0 Å². The number of nitrogens with one attached hydrogen (secondary N) is 2. The van der Waals surface area contributed by atoms with Gasteiger partial charge in [0.25, 0.3) is 0 Å². The molecule has 2 heterocycles. The zero-order valence-electron chi connectivity index (χ0n) is 8.68. The van der Waals surface area contributed by atoms with Gasteiger partial charge in [-0.25, -0.2) is 0 Å². The van der Waals surface area contributed by atoms with Gasteiger partial charge in [-0.15, -0.1) is 23.7 Å². The minimum atomic E-state index is -0.387. The Morgan fingerprint density at radius 1 is 1.69 bits per heavy atom. The van der Waals surface area contributed by atoms with Gasteiger partial charge < -0.3 is 15.7 Å². The van der Waals surface area contributed by atoms with Crippen LogP contribution in [0.3, 0.4) is 0 Å². The van der Waals surface area contributed by atoms with Gasteiger partial charge in [-0.1, -0.05) is 6.07 Å². The number of aliphatic hydroxyl groups excluding tert-OH is 1. The van der Waals surface area contributed by atoms with Crippen molar-refractivity contribution in [1.29, 1.82) is 0 Å². The van der Waals surface area contributed by atoms with Crippen LogP contribution in [-0.2, 0) is 11.3 Å².